The predicted octanol–water partition coefficient (Wildman–Crippen LogP) is 2.11. The fourth-order valence-corrected chi connectivity index (χ4v) is 2.34. The van der Waals surface area contributed by atoms with E-state index in [2.05, 4.69) is 10.6 Å². The molecule has 1 fully saturated rings. The maximum absolute atomic E-state index is 11.8. The van der Waals surface area contributed by atoms with Crippen LogP contribution in [-0.4, -0.2) is 29.9 Å². The summed E-state index contributed by atoms with van der Waals surface area (Å²) in [6.07, 6.45) is 2.56. The number of aryl methyl sites for hydroxylation is 1. The molecule has 0 saturated heterocycles. The van der Waals surface area contributed by atoms with Crippen molar-refractivity contribution in [2.45, 2.75) is 45.3 Å². The zero-order chi connectivity index (χ0) is 15.3. The van der Waals surface area contributed by atoms with Gasteiger partial charge in [-0.3, -0.25) is 0 Å². The van der Waals surface area contributed by atoms with Gasteiger partial charge in [-0.25, -0.2) is 4.79 Å². The van der Waals surface area contributed by atoms with E-state index >= 15 is 0 Å². The molecule has 2 rings (SSSR count). The lowest BCUT2D eigenvalue weighted by atomic mass is 9.80. The Kier molecular flexibility index (Phi) is 5.07. The topological polar surface area (TPSA) is 70.6 Å². The smallest absolute Gasteiger partial charge is 0.315 e. The van der Waals surface area contributed by atoms with Gasteiger partial charge < -0.3 is 20.5 Å². The molecule has 0 aromatic heterocycles. The highest BCUT2D eigenvalue weighted by atomic mass is 16.5. The third kappa shape index (κ3) is 4.36. The lowest BCUT2D eigenvalue weighted by Gasteiger charge is -2.36. The molecule has 0 aliphatic heterocycles. The van der Waals surface area contributed by atoms with Gasteiger partial charge in [0.2, 0.25) is 0 Å². The van der Waals surface area contributed by atoms with Crippen molar-refractivity contribution in [3.05, 3.63) is 29.3 Å². The predicted molar refractivity (Wildman–Crippen MR) is 81.4 cm³/mol. The average molecular weight is 292 g/mol. The molecule has 1 aromatic rings. The number of hydrogen-bond donors (Lipinski definition) is 3. The number of carbonyl (C=O) groups excluding carboxylic acids is 1. The molecular formula is C16H24N2O3. The second kappa shape index (κ2) is 6.80. The minimum Gasteiger partial charge on any atom is -0.494 e. The Morgan fingerprint density at radius 1 is 1.38 bits per heavy atom. The van der Waals surface area contributed by atoms with Gasteiger partial charge in [0.25, 0.3) is 0 Å². The van der Waals surface area contributed by atoms with Gasteiger partial charge in [0.15, 0.2) is 0 Å². The van der Waals surface area contributed by atoms with Crippen LogP contribution in [0.25, 0.3) is 0 Å². The summed E-state index contributed by atoms with van der Waals surface area (Å²) >= 11 is 0. The van der Waals surface area contributed by atoms with Crippen LogP contribution < -0.4 is 15.4 Å². The van der Waals surface area contributed by atoms with E-state index in [0.29, 0.717) is 19.7 Å². The number of amides is 2. The highest BCUT2D eigenvalue weighted by Crippen LogP contribution is 2.30. The van der Waals surface area contributed by atoms with E-state index in [1.807, 2.05) is 32.0 Å². The third-order valence-electron chi connectivity index (χ3n) is 3.82. The Morgan fingerprint density at radius 3 is 2.76 bits per heavy atom. The molecule has 21 heavy (non-hydrogen) atoms. The van der Waals surface area contributed by atoms with Gasteiger partial charge in [0.05, 0.1) is 12.2 Å². The van der Waals surface area contributed by atoms with E-state index in [1.54, 1.807) is 0 Å². The molecule has 5 nitrogen and oxygen atoms in total. The Balaban J connectivity index is 1.83. The first-order chi connectivity index (χ1) is 10.0. The zero-order valence-corrected chi connectivity index (χ0v) is 12.7. The molecule has 0 unspecified atom stereocenters. The Labute approximate surface area is 125 Å². The van der Waals surface area contributed by atoms with Crippen molar-refractivity contribution in [2.24, 2.45) is 0 Å². The van der Waals surface area contributed by atoms with E-state index in [1.165, 1.54) is 0 Å². The summed E-state index contributed by atoms with van der Waals surface area (Å²) in [7, 11) is 0. The molecule has 0 bridgehead atoms. The van der Waals surface area contributed by atoms with Gasteiger partial charge in [-0.2, -0.15) is 0 Å². The zero-order valence-electron chi connectivity index (χ0n) is 12.7. The van der Waals surface area contributed by atoms with E-state index < -0.39 is 5.60 Å². The molecule has 0 heterocycles. The Bertz CT molecular complexity index is 498. The summed E-state index contributed by atoms with van der Waals surface area (Å²) in [6.45, 7) is 5.25. The van der Waals surface area contributed by atoms with Crippen LogP contribution >= 0.6 is 0 Å². The minimum atomic E-state index is -0.697. The van der Waals surface area contributed by atoms with Gasteiger partial charge in [0, 0.05) is 18.7 Å². The van der Waals surface area contributed by atoms with Crippen molar-refractivity contribution in [3.63, 3.8) is 0 Å². The fourth-order valence-electron chi connectivity index (χ4n) is 2.34. The molecule has 1 aliphatic rings. The van der Waals surface area contributed by atoms with Gasteiger partial charge in [-0.15, -0.1) is 0 Å². The summed E-state index contributed by atoms with van der Waals surface area (Å²) in [6, 6.07) is 5.66. The molecule has 2 amide bonds. The molecule has 116 valence electrons. The van der Waals surface area contributed by atoms with E-state index in [4.69, 9.17) is 4.74 Å². The first kappa shape index (κ1) is 15.6. The summed E-state index contributed by atoms with van der Waals surface area (Å²) in [5, 5.41) is 15.4. The highest BCUT2D eigenvalue weighted by Gasteiger charge is 2.34. The molecule has 3 N–H and O–H groups in total. The largest absolute Gasteiger partial charge is 0.494 e. The molecule has 1 aromatic carbocycles. The monoisotopic (exact) mass is 292 g/mol. The molecular weight excluding hydrogens is 268 g/mol. The van der Waals surface area contributed by atoms with Gasteiger partial charge in [-0.1, -0.05) is 12.1 Å². The molecule has 0 radical (unpaired) electrons. The Hall–Kier alpha value is -1.75. The van der Waals surface area contributed by atoms with Crippen molar-refractivity contribution in [1.29, 1.82) is 0 Å². The molecule has 0 spiro atoms. The van der Waals surface area contributed by atoms with Crippen LogP contribution in [0.3, 0.4) is 0 Å². The first-order valence-corrected chi connectivity index (χ1v) is 7.49. The molecule has 0 atom stereocenters. The first-order valence-electron chi connectivity index (χ1n) is 7.49. The third-order valence-corrected chi connectivity index (χ3v) is 3.82. The van der Waals surface area contributed by atoms with Crippen molar-refractivity contribution in [2.75, 3.05) is 13.2 Å². The second-order valence-electron chi connectivity index (χ2n) is 5.66. The standard InChI is InChI=1S/C16H24N2O3/c1-3-21-14-9-12(2)5-6-13(14)10-17-15(19)18-11-16(20)7-4-8-16/h5-6,9,20H,3-4,7-8,10-11H2,1-2H3,(H2,17,18,19). The number of urea groups is 1. The summed E-state index contributed by atoms with van der Waals surface area (Å²) in [5.74, 6) is 0.801. The number of rotatable bonds is 6. The van der Waals surface area contributed by atoms with Gasteiger partial charge in [0.1, 0.15) is 5.75 Å². The minimum absolute atomic E-state index is 0.265. The van der Waals surface area contributed by atoms with Crippen molar-refractivity contribution >= 4 is 6.03 Å². The summed E-state index contributed by atoms with van der Waals surface area (Å²) in [5.41, 5.74) is 1.37. The number of nitrogens with one attached hydrogen (secondary N) is 2. The fraction of sp³-hybridized carbons (Fsp3) is 0.562. The van der Waals surface area contributed by atoms with Gasteiger partial charge >= 0.3 is 6.03 Å². The van der Waals surface area contributed by atoms with Crippen molar-refractivity contribution in [1.82, 2.24) is 10.6 Å². The van der Waals surface area contributed by atoms with E-state index in [0.717, 1.165) is 36.1 Å². The number of carbonyl (C=O) groups is 1. The van der Waals surface area contributed by atoms with Crippen LogP contribution in [0.1, 0.15) is 37.3 Å². The lowest BCUT2D eigenvalue weighted by molar-refractivity contribution is -0.0290. The normalized spacial score (nSPS) is 16.0. The number of benzene rings is 1. The number of ether oxygens (including phenoxy) is 1. The maximum atomic E-state index is 11.8. The van der Waals surface area contributed by atoms with Crippen molar-refractivity contribution < 1.29 is 14.6 Å². The quantitative estimate of drug-likeness (QED) is 0.752. The average Bonchev–Trinajstić information content (AvgIpc) is 2.42. The van der Waals surface area contributed by atoms with Gasteiger partial charge in [-0.05, 0) is 44.7 Å². The van der Waals surface area contributed by atoms with Crippen LogP contribution in [0.15, 0.2) is 18.2 Å². The summed E-state index contributed by atoms with van der Waals surface area (Å²) < 4.78 is 5.58. The van der Waals surface area contributed by atoms with Crippen LogP contribution in [0.4, 0.5) is 4.79 Å². The van der Waals surface area contributed by atoms with Crippen LogP contribution in [0.5, 0.6) is 5.75 Å². The van der Waals surface area contributed by atoms with E-state index in [9.17, 15) is 9.90 Å². The maximum Gasteiger partial charge on any atom is 0.315 e. The van der Waals surface area contributed by atoms with Crippen LogP contribution in [-0.2, 0) is 6.54 Å². The SMILES string of the molecule is CCOc1cc(C)ccc1CNC(=O)NCC1(O)CCC1. The number of aliphatic hydroxyl groups is 1. The van der Waals surface area contributed by atoms with E-state index in [-0.39, 0.29) is 6.03 Å². The number of hydrogen-bond acceptors (Lipinski definition) is 3. The van der Waals surface area contributed by atoms with Crippen molar-refractivity contribution in [3.8, 4) is 5.75 Å². The molecule has 1 saturated carbocycles. The van der Waals surface area contributed by atoms with Crippen LogP contribution in [0, 0.1) is 6.92 Å². The molecule has 1 aliphatic carbocycles. The molecule has 5 heteroatoms. The Morgan fingerprint density at radius 2 is 2.14 bits per heavy atom. The summed E-state index contributed by atoms with van der Waals surface area (Å²) in [4.78, 5) is 11.8. The highest BCUT2D eigenvalue weighted by molar-refractivity contribution is 5.74. The van der Waals surface area contributed by atoms with Crippen LogP contribution in [0.2, 0.25) is 0 Å². The second-order valence-corrected chi connectivity index (χ2v) is 5.66. The lowest BCUT2D eigenvalue weighted by Crippen LogP contribution is -2.49.